The van der Waals surface area contributed by atoms with Crippen molar-refractivity contribution in [3.05, 3.63) is 36.2 Å². The molecular formula is C14H17N3O. The Balaban J connectivity index is 1.83. The number of aromatic nitrogens is 2. The van der Waals surface area contributed by atoms with E-state index in [9.17, 15) is 4.79 Å². The van der Waals surface area contributed by atoms with E-state index in [0.717, 1.165) is 18.6 Å². The second kappa shape index (κ2) is 4.12. The predicted octanol–water partition coefficient (Wildman–Crippen LogP) is 2.06. The van der Waals surface area contributed by atoms with Gasteiger partial charge in [0, 0.05) is 13.1 Å². The molecule has 0 atom stereocenters. The van der Waals surface area contributed by atoms with Crippen molar-refractivity contribution in [2.45, 2.75) is 13.8 Å². The first-order chi connectivity index (χ1) is 8.66. The van der Waals surface area contributed by atoms with E-state index in [1.807, 2.05) is 29.2 Å². The van der Waals surface area contributed by atoms with Gasteiger partial charge < -0.3 is 4.90 Å². The summed E-state index contributed by atoms with van der Waals surface area (Å²) in [7, 11) is 0. The maximum absolute atomic E-state index is 12.4. The zero-order valence-electron chi connectivity index (χ0n) is 10.7. The fourth-order valence-electron chi connectivity index (χ4n) is 2.37. The Labute approximate surface area is 106 Å². The molecule has 0 spiro atoms. The number of rotatable bonds is 2. The molecule has 0 aromatic carbocycles. The van der Waals surface area contributed by atoms with E-state index >= 15 is 0 Å². The number of nitrogens with zero attached hydrogens (tertiary/aromatic N) is 3. The van der Waals surface area contributed by atoms with Crippen LogP contribution < -0.4 is 0 Å². The van der Waals surface area contributed by atoms with E-state index in [-0.39, 0.29) is 5.91 Å². The van der Waals surface area contributed by atoms with Crippen LogP contribution >= 0.6 is 0 Å². The van der Waals surface area contributed by atoms with Crippen LogP contribution in [0, 0.1) is 11.8 Å². The third-order valence-electron chi connectivity index (χ3n) is 3.78. The van der Waals surface area contributed by atoms with Gasteiger partial charge in [-0.15, -0.1) is 0 Å². The van der Waals surface area contributed by atoms with Crippen molar-refractivity contribution >= 4 is 11.4 Å². The largest absolute Gasteiger partial charge is 0.337 e. The van der Waals surface area contributed by atoms with E-state index in [0.29, 0.717) is 17.5 Å². The zero-order chi connectivity index (χ0) is 12.7. The van der Waals surface area contributed by atoms with Crippen LogP contribution in [0.25, 0.3) is 5.52 Å². The minimum atomic E-state index is 0.0844. The summed E-state index contributed by atoms with van der Waals surface area (Å²) >= 11 is 0. The minimum absolute atomic E-state index is 0.0844. The van der Waals surface area contributed by atoms with E-state index < -0.39 is 0 Å². The molecule has 4 heteroatoms. The van der Waals surface area contributed by atoms with Crippen LogP contribution in [0.1, 0.15) is 24.3 Å². The van der Waals surface area contributed by atoms with Gasteiger partial charge in [-0.05, 0) is 30.0 Å². The van der Waals surface area contributed by atoms with Gasteiger partial charge in [0.1, 0.15) is 5.69 Å². The predicted molar refractivity (Wildman–Crippen MR) is 69.4 cm³/mol. The van der Waals surface area contributed by atoms with Crippen molar-refractivity contribution in [2.75, 3.05) is 13.1 Å². The molecule has 4 nitrogen and oxygen atoms in total. The molecular weight excluding hydrogens is 226 g/mol. The highest BCUT2D eigenvalue weighted by Gasteiger charge is 2.33. The molecule has 1 saturated heterocycles. The normalized spacial score (nSPS) is 16.3. The lowest BCUT2D eigenvalue weighted by molar-refractivity contribution is 0.0399. The van der Waals surface area contributed by atoms with Gasteiger partial charge >= 0.3 is 0 Å². The van der Waals surface area contributed by atoms with E-state index in [1.54, 1.807) is 10.7 Å². The monoisotopic (exact) mass is 243 g/mol. The summed E-state index contributed by atoms with van der Waals surface area (Å²) in [5, 5.41) is 4.20. The lowest BCUT2D eigenvalue weighted by Gasteiger charge is -2.41. The lowest BCUT2D eigenvalue weighted by Crippen LogP contribution is -2.52. The summed E-state index contributed by atoms with van der Waals surface area (Å²) in [6, 6.07) is 7.61. The summed E-state index contributed by atoms with van der Waals surface area (Å²) in [4.78, 5) is 14.3. The molecule has 0 aliphatic carbocycles. The van der Waals surface area contributed by atoms with Gasteiger partial charge in [-0.25, -0.2) is 4.52 Å². The molecule has 94 valence electrons. The number of carbonyl (C=O) groups excluding carboxylic acids is 1. The van der Waals surface area contributed by atoms with Crippen molar-refractivity contribution < 1.29 is 4.79 Å². The molecule has 0 N–H and O–H groups in total. The average Bonchev–Trinajstić information content (AvgIpc) is 2.73. The summed E-state index contributed by atoms with van der Waals surface area (Å²) < 4.78 is 1.71. The van der Waals surface area contributed by atoms with Crippen molar-refractivity contribution in [1.29, 1.82) is 0 Å². The Kier molecular flexibility index (Phi) is 2.58. The molecule has 2 aromatic rings. The van der Waals surface area contributed by atoms with Crippen LogP contribution in [-0.4, -0.2) is 33.5 Å². The Bertz CT molecular complexity index is 581. The minimum Gasteiger partial charge on any atom is -0.337 e. The Morgan fingerprint density at radius 2 is 2.11 bits per heavy atom. The SMILES string of the molecule is CC(C)C1CN(C(=O)c2cccc3ccnn23)C1. The third kappa shape index (κ3) is 1.68. The number of fused-ring (bicyclic) bond motifs is 1. The molecule has 1 amide bonds. The molecule has 18 heavy (non-hydrogen) atoms. The van der Waals surface area contributed by atoms with Crippen molar-refractivity contribution in [3.8, 4) is 0 Å². The van der Waals surface area contributed by atoms with Gasteiger partial charge in [0.15, 0.2) is 0 Å². The van der Waals surface area contributed by atoms with Gasteiger partial charge in [0.25, 0.3) is 5.91 Å². The number of carbonyl (C=O) groups is 1. The number of hydrogen-bond acceptors (Lipinski definition) is 2. The highest BCUT2D eigenvalue weighted by atomic mass is 16.2. The summed E-state index contributed by atoms with van der Waals surface area (Å²) in [6.45, 7) is 6.16. The Morgan fingerprint density at radius 3 is 2.83 bits per heavy atom. The molecule has 2 aromatic heterocycles. The number of amides is 1. The van der Waals surface area contributed by atoms with Crippen LogP contribution in [0.15, 0.2) is 30.5 Å². The maximum atomic E-state index is 12.4. The zero-order valence-corrected chi connectivity index (χ0v) is 10.7. The van der Waals surface area contributed by atoms with Gasteiger partial charge in [-0.1, -0.05) is 19.9 Å². The molecule has 3 heterocycles. The van der Waals surface area contributed by atoms with Crippen molar-refractivity contribution in [3.63, 3.8) is 0 Å². The maximum Gasteiger partial charge on any atom is 0.272 e. The molecule has 0 bridgehead atoms. The number of likely N-dealkylation sites (tertiary alicyclic amines) is 1. The van der Waals surface area contributed by atoms with E-state index in [4.69, 9.17) is 0 Å². The molecule has 1 fully saturated rings. The highest BCUT2D eigenvalue weighted by Crippen LogP contribution is 2.25. The molecule has 0 radical (unpaired) electrons. The molecule has 3 rings (SSSR count). The van der Waals surface area contributed by atoms with Gasteiger partial charge in [-0.2, -0.15) is 5.10 Å². The second-order valence-corrected chi connectivity index (χ2v) is 5.29. The van der Waals surface area contributed by atoms with E-state index in [1.165, 1.54) is 0 Å². The van der Waals surface area contributed by atoms with Crippen LogP contribution in [0.4, 0.5) is 0 Å². The standard InChI is InChI=1S/C14H17N3O/c1-10(2)11-8-16(9-11)14(18)13-5-3-4-12-6-7-15-17(12)13/h3-7,10-11H,8-9H2,1-2H3. The Hall–Kier alpha value is -1.84. The first-order valence-corrected chi connectivity index (χ1v) is 6.39. The summed E-state index contributed by atoms with van der Waals surface area (Å²) in [6.07, 6.45) is 1.72. The van der Waals surface area contributed by atoms with Crippen LogP contribution in [0.5, 0.6) is 0 Å². The first kappa shape index (κ1) is 11.3. The quantitative estimate of drug-likeness (QED) is 0.809. The topological polar surface area (TPSA) is 37.6 Å². The second-order valence-electron chi connectivity index (χ2n) is 5.29. The Morgan fingerprint density at radius 1 is 1.33 bits per heavy atom. The van der Waals surface area contributed by atoms with Crippen molar-refractivity contribution in [1.82, 2.24) is 14.5 Å². The van der Waals surface area contributed by atoms with Crippen LogP contribution in [-0.2, 0) is 0 Å². The smallest absolute Gasteiger partial charge is 0.272 e. The first-order valence-electron chi connectivity index (χ1n) is 6.39. The molecule has 0 unspecified atom stereocenters. The third-order valence-corrected chi connectivity index (χ3v) is 3.78. The van der Waals surface area contributed by atoms with Gasteiger partial charge in [-0.3, -0.25) is 4.79 Å². The van der Waals surface area contributed by atoms with Gasteiger partial charge in [0.05, 0.1) is 11.7 Å². The van der Waals surface area contributed by atoms with E-state index in [2.05, 4.69) is 18.9 Å². The molecule has 1 aliphatic heterocycles. The number of hydrogen-bond donors (Lipinski definition) is 0. The fraction of sp³-hybridized carbons (Fsp3) is 0.429. The molecule has 1 aliphatic rings. The lowest BCUT2D eigenvalue weighted by atomic mass is 9.88. The summed E-state index contributed by atoms with van der Waals surface area (Å²) in [5.41, 5.74) is 1.61. The van der Waals surface area contributed by atoms with Gasteiger partial charge in [0.2, 0.25) is 0 Å². The van der Waals surface area contributed by atoms with Crippen molar-refractivity contribution in [2.24, 2.45) is 11.8 Å². The van der Waals surface area contributed by atoms with Crippen LogP contribution in [0.3, 0.4) is 0 Å². The fourth-order valence-corrected chi connectivity index (χ4v) is 2.37. The highest BCUT2D eigenvalue weighted by molar-refractivity contribution is 5.93. The summed E-state index contributed by atoms with van der Waals surface area (Å²) in [5.74, 6) is 1.38. The molecule has 0 saturated carbocycles. The van der Waals surface area contributed by atoms with Crippen LogP contribution in [0.2, 0.25) is 0 Å². The average molecular weight is 243 g/mol. The number of pyridine rings is 1.